The topological polar surface area (TPSA) is 56.5 Å². The Morgan fingerprint density at radius 1 is 1.05 bits per heavy atom. The van der Waals surface area contributed by atoms with Crippen molar-refractivity contribution in [2.24, 2.45) is 5.84 Å². The molecule has 6 heteroatoms. The van der Waals surface area contributed by atoms with E-state index in [0.29, 0.717) is 16.5 Å². The van der Waals surface area contributed by atoms with Gasteiger partial charge in [0, 0.05) is 3.57 Å². The summed E-state index contributed by atoms with van der Waals surface area (Å²) in [5, 5.41) is 0.703. The second-order valence-corrected chi connectivity index (χ2v) is 5.96. The van der Waals surface area contributed by atoms with Crippen LogP contribution in [0.25, 0.3) is 0 Å². The predicted molar refractivity (Wildman–Crippen MR) is 92.9 cm³/mol. The van der Waals surface area contributed by atoms with E-state index in [1.54, 1.807) is 14.2 Å². The molecule has 21 heavy (non-hydrogen) atoms. The molecule has 0 fully saturated rings. The van der Waals surface area contributed by atoms with Crippen LogP contribution in [0.1, 0.15) is 17.2 Å². The molecule has 0 saturated heterocycles. The average molecular weight is 419 g/mol. The van der Waals surface area contributed by atoms with E-state index in [4.69, 9.17) is 26.9 Å². The largest absolute Gasteiger partial charge is 0.493 e. The molecule has 0 bridgehead atoms. The van der Waals surface area contributed by atoms with Crippen LogP contribution in [0.15, 0.2) is 36.4 Å². The zero-order valence-corrected chi connectivity index (χ0v) is 14.6. The molecule has 0 amide bonds. The van der Waals surface area contributed by atoms with E-state index >= 15 is 0 Å². The molecule has 2 aromatic carbocycles. The highest BCUT2D eigenvalue weighted by Gasteiger charge is 2.16. The fraction of sp³-hybridized carbons (Fsp3) is 0.200. The molecule has 3 N–H and O–H groups in total. The second-order valence-electron chi connectivity index (χ2n) is 4.39. The molecular weight excluding hydrogens is 403 g/mol. The van der Waals surface area contributed by atoms with Gasteiger partial charge < -0.3 is 9.47 Å². The zero-order valence-electron chi connectivity index (χ0n) is 11.7. The molecule has 1 atom stereocenters. The third-order valence-electron chi connectivity index (χ3n) is 3.18. The van der Waals surface area contributed by atoms with Gasteiger partial charge in [0.05, 0.1) is 25.3 Å². The summed E-state index contributed by atoms with van der Waals surface area (Å²) in [6.07, 6.45) is 0. The van der Waals surface area contributed by atoms with Crippen LogP contribution < -0.4 is 20.7 Å². The van der Waals surface area contributed by atoms with Gasteiger partial charge in [0.15, 0.2) is 11.5 Å². The molecule has 2 aromatic rings. The van der Waals surface area contributed by atoms with E-state index in [1.165, 1.54) is 0 Å². The minimum absolute atomic E-state index is 0.181. The van der Waals surface area contributed by atoms with Gasteiger partial charge in [-0.05, 0) is 58.0 Å². The van der Waals surface area contributed by atoms with Crippen LogP contribution >= 0.6 is 34.2 Å². The summed E-state index contributed by atoms with van der Waals surface area (Å²) in [6, 6.07) is 11.4. The first-order valence-corrected chi connectivity index (χ1v) is 7.69. The summed E-state index contributed by atoms with van der Waals surface area (Å²) in [6.45, 7) is 0. The van der Waals surface area contributed by atoms with Crippen LogP contribution in [-0.2, 0) is 0 Å². The van der Waals surface area contributed by atoms with Crippen LogP contribution in [0.5, 0.6) is 11.5 Å². The Morgan fingerprint density at radius 3 is 2.24 bits per heavy atom. The standard InChI is InChI=1S/C15H16ClIN2O2/c1-20-13-6-4-10(8-14(13)21-2)15(19-18)9-3-5-12(17)11(16)7-9/h3-8,15,19H,18H2,1-2H3. The highest BCUT2D eigenvalue weighted by Crippen LogP contribution is 2.33. The van der Waals surface area contributed by atoms with Crippen molar-refractivity contribution in [3.8, 4) is 11.5 Å². The molecular formula is C15H16ClIN2O2. The van der Waals surface area contributed by atoms with E-state index in [9.17, 15) is 0 Å². The van der Waals surface area contributed by atoms with Crippen molar-refractivity contribution >= 4 is 34.2 Å². The average Bonchev–Trinajstić information content (AvgIpc) is 2.51. The summed E-state index contributed by atoms with van der Waals surface area (Å²) in [5.41, 5.74) is 4.76. The van der Waals surface area contributed by atoms with Crippen molar-refractivity contribution in [2.75, 3.05) is 14.2 Å². The van der Waals surface area contributed by atoms with Crippen molar-refractivity contribution in [3.63, 3.8) is 0 Å². The first-order valence-electron chi connectivity index (χ1n) is 6.23. The molecule has 2 rings (SSSR count). The lowest BCUT2D eigenvalue weighted by molar-refractivity contribution is 0.354. The number of nitrogens with one attached hydrogen (secondary N) is 1. The van der Waals surface area contributed by atoms with Crippen LogP contribution in [0.4, 0.5) is 0 Å². The predicted octanol–water partition coefficient (Wildman–Crippen LogP) is 3.51. The summed E-state index contributed by atoms with van der Waals surface area (Å²) >= 11 is 8.38. The van der Waals surface area contributed by atoms with Crippen LogP contribution in [0.3, 0.4) is 0 Å². The molecule has 0 aromatic heterocycles. The Labute approximate surface area is 142 Å². The van der Waals surface area contributed by atoms with E-state index < -0.39 is 0 Å². The fourth-order valence-corrected chi connectivity index (χ4v) is 2.63. The fourth-order valence-electron chi connectivity index (χ4n) is 2.11. The lowest BCUT2D eigenvalue weighted by Gasteiger charge is -2.19. The Morgan fingerprint density at radius 2 is 1.67 bits per heavy atom. The van der Waals surface area contributed by atoms with Gasteiger partial charge in [-0.2, -0.15) is 0 Å². The van der Waals surface area contributed by atoms with Crippen LogP contribution in [-0.4, -0.2) is 14.2 Å². The van der Waals surface area contributed by atoms with Crippen LogP contribution in [0.2, 0.25) is 5.02 Å². The number of rotatable bonds is 5. The van der Waals surface area contributed by atoms with Gasteiger partial charge >= 0.3 is 0 Å². The number of nitrogens with two attached hydrogens (primary N) is 1. The summed E-state index contributed by atoms with van der Waals surface area (Å²) in [5.74, 6) is 7.06. The Kier molecular flexibility index (Phi) is 5.69. The first-order chi connectivity index (χ1) is 10.1. The molecule has 1 unspecified atom stereocenters. The van der Waals surface area contributed by atoms with E-state index in [0.717, 1.165) is 14.7 Å². The minimum atomic E-state index is -0.181. The van der Waals surface area contributed by atoms with E-state index in [2.05, 4.69) is 28.0 Å². The van der Waals surface area contributed by atoms with Gasteiger partial charge in [-0.15, -0.1) is 0 Å². The number of hydrazine groups is 1. The summed E-state index contributed by atoms with van der Waals surface area (Å²) in [4.78, 5) is 0. The molecule has 0 aliphatic carbocycles. The first kappa shape index (κ1) is 16.4. The van der Waals surface area contributed by atoms with Crippen molar-refractivity contribution in [1.82, 2.24) is 5.43 Å². The number of benzene rings is 2. The Balaban J connectivity index is 2.43. The minimum Gasteiger partial charge on any atom is -0.493 e. The maximum Gasteiger partial charge on any atom is 0.161 e. The Bertz CT molecular complexity index is 637. The molecule has 0 aliphatic heterocycles. The third-order valence-corrected chi connectivity index (χ3v) is 4.76. The lowest BCUT2D eigenvalue weighted by atomic mass is 9.99. The number of hydrogen-bond donors (Lipinski definition) is 2. The van der Waals surface area contributed by atoms with Crippen molar-refractivity contribution in [2.45, 2.75) is 6.04 Å². The van der Waals surface area contributed by atoms with Gasteiger partial charge in [-0.1, -0.05) is 23.7 Å². The molecule has 0 radical (unpaired) electrons. The molecule has 0 aliphatic rings. The normalized spacial score (nSPS) is 12.0. The van der Waals surface area contributed by atoms with Crippen molar-refractivity contribution in [3.05, 3.63) is 56.1 Å². The highest BCUT2D eigenvalue weighted by molar-refractivity contribution is 14.1. The molecule has 112 valence electrons. The van der Waals surface area contributed by atoms with Gasteiger partial charge in [-0.25, -0.2) is 5.43 Å². The second kappa shape index (κ2) is 7.31. The van der Waals surface area contributed by atoms with Gasteiger partial charge in [0.2, 0.25) is 0 Å². The van der Waals surface area contributed by atoms with Crippen molar-refractivity contribution < 1.29 is 9.47 Å². The maximum atomic E-state index is 6.19. The van der Waals surface area contributed by atoms with E-state index in [1.807, 2.05) is 36.4 Å². The number of methoxy groups -OCH3 is 2. The quantitative estimate of drug-likeness (QED) is 0.443. The number of halogens is 2. The lowest BCUT2D eigenvalue weighted by Crippen LogP contribution is -2.28. The number of hydrogen-bond acceptors (Lipinski definition) is 4. The molecule has 0 saturated carbocycles. The summed E-state index contributed by atoms with van der Waals surface area (Å²) in [7, 11) is 3.21. The highest BCUT2D eigenvalue weighted by atomic mass is 127. The van der Waals surface area contributed by atoms with Gasteiger partial charge in [-0.3, -0.25) is 5.84 Å². The number of ether oxygens (including phenoxy) is 2. The molecule has 4 nitrogen and oxygen atoms in total. The SMILES string of the molecule is COc1ccc(C(NN)c2ccc(I)c(Cl)c2)cc1OC. The van der Waals surface area contributed by atoms with Gasteiger partial charge in [0.1, 0.15) is 0 Å². The monoisotopic (exact) mass is 418 g/mol. The van der Waals surface area contributed by atoms with Crippen molar-refractivity contribution in [1.29, 1.82) is 0 Å². The molecule has 0 heterocycles. The summed E-state index contributed by atoms with van der Waals surface area (Å²) < 4.78 is 11.6. The maximum absolute atomic E-state index is 6.19. The van der Waals surface area contributed by atoms with E-state index in [-0.39, 0.29) is 6.04 Å². The Hall–Kier alpha value is -1.02. The van der Waals surface area contributed by atoms with Crippen LogP contribution in [0, 0.1) is 3.57 Å². The molecule has 0 spiro atoms. The third kappa shape index (κ3) is 3.60. The smallest absolute Gasteiger partial charge is 0.161 e. The van der Waals surface area contributed by atoms with Gasteiger partial charge in [0.25, 0.3) is 0 Å². The zero-order chi connectivity index (χ0) is 15.4.